The second-order valence-corrected chi connectivity index (χ2v) is 6.06. The van der Waals surface area contributed by atoms with Crippen molar-refractivity contribution in [3.8, 4) is 11.8 Å². The van der Waals surface area contributed by atoms with E-state index in [0.717, 1.165) is 24.9 Å². The average molecular weight is 405 g/mol. The van der Waals surface area contributed by atoms with Gasteiger partial charge < -0.3 is 20.3 Å². The number of hydrogen-bond donors (Lipinski definition) is 3. The smallest absolute Gasteiger partial charge is 0.414 e. The molecule has 1 atom stereocenters. The van der Waals surface area contributed by atoms with Gasteiger partial charge in [-0.25, -0.2) is 9.59 Å². The number of nitrogens with zero attached hydrogens (tertiary/aromatic N) is 1. The fourth-order valence-corrected chi connectivity index (χ4v) is 2.43. The maximum Gasteiger partial charge on any atom is 0.414 e. The third-order valence-electron chi connectivity index (χ3n) is 3.58. The van der Waals surface area contributed by atoms with Crippen LogP contribution in [0.2, 0.25) is 5.02 Å². The second kappa shape index (κ2) is 12.3. The van der Waals surface area contributed by atoms with Gasteiger partial charge in [-0.1, -0.05) is 41.9 Å². The lowest BCUT2D eigenvalue weighted by molar-refractivity contribution is -0.159. The van der Waals surface area contributed by atoms with E-state index in [1.165, 1.54) is 0 Å². The van der Waals surface area contributed by atoms with Crippen LogP contribution in [0.25, 0.3) is 0 Å². The van der Waals surface area contributed by atoms with Crippen molar-refractivity contribution in [2.24, 2.45) is 0 Å². The van der Waals surface area contributed by atoms with Gasteiger partial charge in [-0.3, -0.25) is 0 Å². The summed E-state index contributed by atoms with van der Waals surface area (Å²) >= 11 is 6.03. The number of ether oxygens (including phenoxy) is 1. The van der Waals surface area contributed by atoms with Crippen LogP contribution in [0.4, 0.5) is 0 Å². The molecule has 2 aromatic carbocycles. The SMILES string of the molecule is CNCCC[C@@H](Oc1cc(Cl)ccc1C#N)c1ccccc1.O=C(O)C(=O)O. The topological polar surface area (TPSA) is 120 Å². The first-order chi connectivity index (χ1) is 13.4. The Morgan fingerprint density at radius 1 is 1.18 bits per heavy atom. The van der Waals surface area contributed by atoms with Gasteiger partial charge in [-0.15, -0.1) is 0 Å². The molecule has 0 saturated heterocycles. The molecule has 0 unspecified atom stereocenters. The number of benzene rings is 2. The van der Waals surface area contributed by atoms with E-state index in [1.54, 1.807) is 18.2 Å². The zero-order chi connectivity index (χ0) is 20.9. The molecule has 2 rings (SSSR count). The second-order valence-electron chi connectivity index (χ2n) is 5.63. The highest BCUT2D eigenvalue weighted by Crippen LogP contribution is 2.30. The number of aliphatic carboxylic acids is 2. The van der Waals surface area contributed by atoms with Crippen molar-refractivity contribution in [1.29, 1.82) is 5.26 Å². The van der Waals surface area contributed by atoms with Gasteiger partial charge in [0.05, 0.1) is 5.56 Å². The lowest BCUT2D eigenvalue weighted by atomic mass is 10.0. The predicted octanol–water partition coefficient (Wildman–Crippen LogP) is 3.49. The van der Waals surface area contributed by atoms with E-state index in [1.807, 2.05) is 37.4 Å². The highest BCUT2D eigenvalue weighted by molar-refractivity contribution is 6.30. The molecule has 2 aromatic rings. The van der Waals surface area contributed by atoms with Gasteiger partial charge in [0.1, 0.15) is 17.9 Å². The molecular weight excluding hydrogens is 384 g/mol. The van der Waals surface area contributed by atoms with Crippen molar-refractivity contribution in [2.75, 3.05) is 13.6 Å². The zero-order valence-electron chi connectivity index (χ0n) is 15.3. The summed E-state index contributed by atoms with van der Waals surface area (Å²) < 4.78 is 6.12. The molecule has 0 aliphatic rings. The van der Waals surface area contributed by atoms with Crippen molar-refractivity contribution in [2.45, 2.75) is 18.9 Å². The van der Waals surface area contributed by atoms with Crippen LogP contribution in [-0.4, -0.2) is 35.7 Å². The standard InChI is InChI=1S/C18H19ClN2O.C2H2O4/c1-21-11-5-8-17(14-6-3-2-4-7-14)22-18-12-16(19)10-9-15(18)13-20;3-1(4)2(5)6/h2-4,6-7,9-10,12,17,21H,5,8,11H2,1H3;(H,3,4)(H,5,6)/t17-;/m1./s1. The van der Waals surface area contributed by atoms with E-state index in [2.05, 4.69) is 11.4 Å². The molecular formula is C20H21ClN2O5. The fraction of sp³-hybridized carbons (Fsp3) is 0.250. The molecule has 28 heavy (non-hydrogen) atoms. The molecule has 0 bridgehead atoms. The quantitative estimate of drug-likeness (QED) is 0.477. The van der Waals surface area contributed by atoms with Crippen LogP contribution < -0.4 is 10.1 Å². The van der Waals surface area contributed by atoms with E-state index in [0.29, 0.717) is 16.3 Å². The van der Waals surface area contributed by atoms with E-state index < -0.39 is 11.9 Å². The number of carboxylic acid groups (broad SMARTS) is 2. The molecule has 0 heterocycles. The van der Waals surface area contributed by atoms with E-state index >= 15 is 0 Å². The summed E-state index contributed by atoms with van der Waals surface area (Å²) in [5, 5.41) is 27.7. The van der Waals surface area contributed by atoms with Crippen LogP contribution in [0.5, 0.6) is 5.75 Å². The molecule has 0 saturated carbocycles. The van der Waals surface area contributed by atoms with Crippen molar-refractivity contribution in [3.05, 3.63) is 64.7 Å². The lowest BCUT2D eigenvalue weighted by Gasteiger charge is -2.20. The van der Waals surface area contributed by atoms with Crippen LogP contribution >= 0.6 is 11.6 Å². The van der Waals surface area contributed by atoms with Gasteiger partial charge in [0.25, 0.3) is 0 Å². The van der Waals surface area contributed by atoms with Crippen molar-refractivity contribution >= 4 is 23.5 Å². The number of halogens is 1. The first kappa shape index (κ1) is 23.0. The summed E-state index contributed by atoms with van der Waals surface area (Å²) in [6.45, 7) is 0.924. The Bertz CT molecular complexity index is 809. The number of nitriles is 1. The predicted molar refractivity (Wildman–Crippen MR) is 104 cm³/mol. The largest absolute Gasteiger partial charge is 0.484 e. The first-order valence-electron chi connectivity index (χ1n) is 8.41. The Morgan fingerprint density at radius 2 is 1.82 bits per heavy atom. The molecule has 0 aromatic heterocycles. The summed E-state index contributed by atoms with van der Waals surface area (Å²) in [5.41, 5.74) is 1.60. The fourth-order valence-electron chi connectivity index (χ4n) is 2.26. The Balaban J connectivity index is 0.000000568. The summed E-state index contributed by atoms with van der Waals surface area (Å²) in [4.78, 5) is 18.2. The summed E-state index contributed by atoms with van der Waals surface area (Å²) in [6.07, 6.45) is 1.75. The minimum atomic E-state index is -1.82. The van der Waals surface area contributed by atoms with E-state index in [9.17, 15) is 5.26 Å². The Morgan fingerprint density at radius 3 is 2.36 bits per heavy atom. The normalized spacial score (nSPS) is 10.8. The Kier molecular flexibility index (Phi) is 10.1. The third kappa shape index (κ3) is 8.08. The molecule has 8 heteroatoms. The molecule has 0 spiro atoms. The molecule has 0 radical (unpaired) electrons. The van der Waals surface area contributed by atoms with Crippen LogP contribution in [0.1, 0.15) is 30.1 Å². The van der Waals surface area contributed by atoms with Crippen LogP contribution in [0, 0.1) is 11.3 Å². The van der Waals surface area contributed by atoms with Crippen molar-refractivity contribution in [1.82, 2.24) is 5.32 Å². The number of hydrogen-bond acceptors (Lipinski definition) is 5. The van der Waals surface area contributed by atoms with E-state index in [-0.39, 0.29) is 6.10 Å². The minimum absolute atomic E-state index is 0.0971. The monoisotopic (exact) mass is 404 g/mol. The Labute approximate surface area is 168 Å². The van der Waals surface area contributed by atoms with Gasteiger partial charge in [-0.05, 0) is 44.1 Å². The Hall–Kier alpha value is -3.08. The van der Waals surface area contributed by atoms with Crippen molar-refractivity contribution < 1.29 is 24.5 Å². The van der Waals surface area contributed by atoms with Crippen LogP contribution in [-0.2, 0) is 9.59 Å². The highest BCUT2D eigenvalue weighted by atomic mass is 35.5. The summed E-state index contributed by atoms with van der Waals surface area (Å²) in [7, 11) is 1.93. The third-order valence-corrected chi connectivity index (χ3v) is 3.82. The molecule has 0 amide bonds. The number of rotatable bonds is 7. The first-order valence-corrected chi connectivity index (χ1v) is 8.79. The molecule has 7 nitrogen and oxygen atoms in total. The van der Waals surface area contributed by atoms with E-state index in [4.69, 9.17) is 36.1 Å². The molecule has 3 N–H and O–H groups in total. The zero-order valence-corrected chi connectivity index (χ0v) is 16.0. The van der Waals surface area contributed by atoms with Crippen molar-refractivity contribution in [3.63, 3.8) is 0 Å². The summed E-state index contributed by atoms with van der Waals surface area (Å²) in [6, 6.07) is 17.3. The highest BCUT2D eigenvalue weighted by Gasteiger charge is 2.15. The van der Waals surface area contributed by atoms with Gasteiger partial charge in [0.15, 0.2) is 0 Å². The van der Waals surface area contributed by atoms with Gasteiger partial charge >= 0.3 is 11.9 Å². The molecule has 0 fully saturated rings. The summed E-state index contributed by atoms with van der Waals surface area (Å²) in [5.74, 6) is -3.11. The van der Waals surface area contributed by atoms with Gasteiger partial charge in [-0.2, -0.15) is 5.26 Å². The number of carbonyl (C=O) groups is 2. The van der Waals surface area contributed by atoms with Gasteiger partial charge in [0.2, 0.25) is 0 Å². The lowest BCUT2D eigenvalue weighted by Crippen LogP contribution is -2.13. The van der Waals surface area contributed by atoms with Gasteiger partial charge in [0, 0.05) is 11.1 Å². The molecule has 0 aliphatic carbocycles. The average Bonchev–Trinajstić information content (AvgIpc) is 2.68. The minimum Gasteiger partial charge on any atom is -0.484 e. The number of nitrogens with one attached hydrogen (secondary N) is 1. The number of carboxylic acids is 2. The molecule has 0 aliphatic heterocycles. The molecule has 148 valence electrons. The van der Waals surface area contributed by atoms with Crippen LogP contribution in [0.15, 0.2) is 48.5 Å². The maximum atomic E-state index is 9.22. The van der Waals surface area contributed by atoms with Crippen LogP contribution in [0.3, 0.4) is 0 Å². The maximum absolute atomic E-state index is 9.22.